The van der Waals surface area contributed by atoms with Crippen LogP contribution in [0.2, 0.25) is 0 Å². The van der Waals surface area contributed by atoms with Gasteiger partial charge in [-0.3, -0.25) is 0 Å². The quantitative estimate of drug-likeness (QED) is 0.691. The Kier molecular flexibility index (Phi) is 4.23. The van der Waals surface area contributed by atoms with Crippen LogP contribution in [-0.4, -0.2) is 11.5 Å². The van der Waals surface area contributed by atoms with Crippen molar-refractivity contribution in [2.75, 3.05) is 6.54 Å². The largest absolute Gasteiger partial charge is 0.312 e. The number of nitrogens with one attached hydrogen (secondary N) is 1. The van der Waals surface area contributed by atoms with E-state index in [4.69, 9.17) is 0 Å². The second-order valence-electron chi connectivity index (χ2n) is 4.44. The third-order valence-electron chi connectivity index (χ3n) is 2.96. The first-order valence-corrected chi connectivity index (χ1v) is 8.19. The van der Waals surface area contributed by atoms with E-state index in [1.165, 1.54) is 14.6 Å². The number of thiazole rings is 1. The molecule has 0 aliphatic rings. The summed E-state index contributed by atoms with van der Waals surface area (Å²) in [5.74, 6) is 0. The van der Waals surface area contributed by atoms with Crippen molar-refractivity contribution < 1.29 is 0 Å². The summed E-state index contributed by atoms with van der Waals surface area (Å²) in [6.07, 6.45) is 2.21. The first-order chi connectivity index (χ1) is 9.42. The number of nitrogens with zero attached hydrogens (tertiary/aromatic N) is 1. The molecule has 0 saturated heterocycles. The van der Waals surface area contributed by atoms with Crippen LogP contribution in [0.25, 0.3) is 10.2 Å². The maximum Gasteiger partial charge on any atom is 0.0939 e. The van der Waals surface area contributed by atoms with Crippen molar-refractivity contribution in [2.24, 2.45) is 0 Å². The van der Waals surface area contributed by atoms with Crippen LogP contribution in [0, 0.1) is 0 Å². The zero-order valence-electron chi connectivity index (χ0n) is 10.6. The van der Waals surface area contributed by atoms with E-state index in [9.17, 15) is 0 Å². The molecule has 0 aliphatic heterocycles. The molecule has 4 heteroatoms. The van der Waals surface area contributed by atoms with Crippen LogP contribution in [0.4, 0.5) is 0 Å². The first-order valence-electron chi connectivity index (χ1n) is 6.49. The fourth-order valence-electron chi connectivity index (χ4n) is 2.02. The average Bonchev–Trinajstić information content (AvgIpc) is 3.06. The van der Waals surface area contributed by atoms with Crippen molar-refractivity contribution in [3.63, 3.8) is 0 Å². The molecule has 0 radical (unpaired) electrons. The standard InChI is InChI=1S/C15H16N2S2/c1-2-7-14-13(6-1)17-15(19-14)8-3-9-16-11-12-5-4-10-18-12/h1-2,4-7,10,16H,3,8-9,11H2. The second kappa shape index (κ2) is 6.28. The van der Waals surface area contributed by atoms with Crippen LogP contribution >= 0.6 is 22.7 Å². The van der Waals surface area contributed by atoms with Crippen LogP contribution in [-0.2, 0) is 13.0 Å². The highest BCUT2D eigenvalue weighted by Gasteiger charge is 2.02. The van der Waals surface area contributed by atoms with Crippen LogP contribution in [0.1, 0.15) is 16.3 Å². The first kappa shape index (κ1) is 12.8. The summed E-state index contributed by atoms with van der Waals surface area (Å²) in [4.78, 5) is 6.06. The molecule has 0 aliphatic carbocycles. The highest BCUT2D eigenvalue weighted by molar-refractivity contribution is 7.18. The highest BCUT2D eigenvalue weighted by atomic mass is 32.1. The number of para-hydroxylation sites is 1. The molecule has 19 heavy (non-hydrogen) atoms. The maximum absolute atomic E-state index is 4.65. The minimum Gasteiger partial charge on any atom is -0.312 e. The van der Waals surface area contributed by atoms with Gasteiger partial charge in [-0.2, -0.15) is 0 Å². The molecule has 2 nitrogen and oxygen atoms in total. The molecule has 1 aromatic carbocycles. The van der Waals surface area contributed by atoms with Gasteiger partial charge in [-0.05, 0) is 36.5 Å². The van der Waals surface area contributed by atoms with Gasteiger partial charge in [0.05, 0.1) is 15.2 Å². The maximum atomic E-state index is 4.65. The SMILES string of the molecule is c1csc(CNCCCc2nc3ccccc3s2)c1. The molecule has 0 saturated carbocycles. The van der Waals surface area contributed by atoms with Gasteiger partial charge in [0, 0.05) is 17.8 Å². The van der Waals surface area contributed by atoms with Crippen molar-refractivity contribution in [3.8, 4) is 0 Å². The van der Waals surface area contributed by atoms with Crippen LogP contribution in [0.3, 0.4) is 0 Å². The molecule has 1 N–H and O–H groups in total. The smallest absolute Gasteiger partial charge is 0.0939 e. The van der Waals surface area contributed by atoms with Gasteiger partial charge in [0.25, 0.3) is 0 Å². The second-order valence-corrected chi connectivity index (χ2v) is 6.58. The lowest BCUT2D eigenvalue weighted by molar-refractivity contribution is 0.653. The van der Waals surface area contributed by atoms with E-state index in [0.29, 0.717) is 0 Å². The Morgan fingerprint density at radius 1 is 1.11 bits per heavy atom. The summed E-state index contributed by atoms with van der Waals surface area (Å²) < 4.78 is 1.30. The molecule has 0 bridgehead atoms. The van der Waals surface area contributed by atoms with E-state index in [0.717, 1.165) is 31.4 Å². The lowest BCUT2D eigenvalue weighted by atomic mass is 10.3. The summed E-state index contributed by atoms with van der Waals surface area (Å²) in [6, 6.07) is 12.6. The molecule has 3 rings (SSSR count). The third-order valence-corrected chi connectivity index (χ3v) is 4.93. The van der Waals surface area contributed by atoms with Crippen LogP contribution < -0.4 is 5.32 Å². The lowest BCUT2D eigenvalue weighted by Gasteiger charge is -2.01. The molecule has 3 aromatic rings. The summed E-state index contributed by atoms with van der Waals surface area (Å²) in [7, 11) is 0. The van der Waals surface area contributed by atoms with Gasteiger partial charge in [0.15, 0.2) is 0 Å². The van der Waals surface area contributed by atoms with Crippen molar-refractivity contribution in [1.29, 1.82) is 0 Å². The number of fused-ring (bicyclic) bond motifs is 1. The summed E-state index contributed by atoms with van der Waals surface area (Å²) in [6.45, 7) is 2.03. The van der Waals surface area contributed by atoms with Gasteiger partial charge in [0.1, 0.15) is 0 Å². The zero-order chi connectivity index (χ0) is 12.9. The van der Waals surface area contributed by atoms with Crippen molar-refractivity contribution in [2.45, 2.75) is 19.4 Å². The van der Waals surface area contributed by atoms with E-state index in [2.05, 4.69) is 52.1 Å². The summed E-state index contributed by atoms with van der Waals surface area (Å²) >= 11 is 3.62. The fraction of sp³-hybridized carbons (Fsp3) is 0.267. The number of aryl methyl sites for hydroxylation is 1. The van der Waals surface area contributed by atoms with E-state index >= 15 is 0 Å². The number of aromatic nitrogens is 1. The fourth-order valence-corrected chi connectivity index (χ4v) is 3.70. The lowest BCUT2D eigenvalue weighted by Crippen LogP contribution is -2.14. The number of benzene rings is 1. The van der Waals surface area contributed by atoms with Crippen LogP contribution in [0.5, 0.6) is 0 Å². The molecule has 0 spiro atoms. The highest BCUT2D eigenvalue weighted by Crippen LogP contribution is 2.22. The predicted molar refractivity (Wildman–Crippen MR) is 84.0 cm³/mol. The van der Waals surface area contributed by atoms with E-state index < -0.39 is 0 Å². The topological polar surface area (TPSA) is 24.9 Å². The molecule has 0 fully saturated rings. The molecule has 0 unspecified atom stereocenters. The third kappa shape index (κ3) is 3.41. The molecule has 0 amide bonds. The molecular formula is C15H16N2S2. The monoisotopic (exact) mass is 288 g/mol. The van der Waals surface area contributed by atoms with Gasteiger partial charge in [-0.15, -0.1) is 22.7 Å². The molecule has 0 atom stereocenters. The molecular weight excluding hydrogens is 272 g/mol. The Balaban J connectivity index is 1.44. The van der Waals surface area contributed by atoms with Crippen LogP contribution in [0.15, 0.2) is 41.8 Å². The van der Waals surface area contributed by atoms with E-state index in [1.54, 1.807) is 0 Å². The zero-order valence-corrected chi connectivity index (χ0v) is 12.3. The van der Waals surface area contributed by atoms with Crippen molar-refractivity contribution in [1.82, 2.24) is 10.3 Å². The minimum atomic E-state index is 0.984. The summed E-state index contributed by atoms with van der Waals surface area (Å²) in [5, 5.41) is 6.85. The van der Waals surface area contributed by atoms with E-state index in [-0.39, 0.29) is 0 Å². The predicted octanol–water partition coefficient (Wildman–Crippen LogP) is 4.08. The molecule has 2 heterocycles. The van der Waals surface area contributed by atoms with E-state index in [1.807, 2.05) is 22.7 Å². The van der Waals surface area contributed by atoms with Gasteiger partial charge < -0.3 is 5.32 Å². The summed E-state index contributed by atoms with van der Waals surface area (Å²) in [5.41, 5.74) is 1.13. The Hall–Kier alpha value is -1.23. The number of hydrogen-bond donors (Lipinski definition) is 1. The van der Waals surface area contributed by atoms with Gasteiger partial charge >= 0.3 is 0 Å². The van der Waals surface area contributed by atoms with Crippen molar-refractivity contribution in [3.05, 3.63) is 51.7 Å². The average molecular weight is 288 g/mol. The van der Waals surface area contributed by atoms with Gasteiger partial charge in [-0.25, -0.2) is 4.98 Å². The Morgan fingerprint density at radius 3 is 2.89 bits per heavy atom. The Labute approximate surface area is 121 Å². The Morgan fingerprint density at radius 2 is 2.05 bits per heavy atom. The van der Waals surface area contributed by atoms with Gasteiger partial charge in [-0.1, -0.05) is 18.2 Å². The minimum absolute atomic E-state index is 0.984. The van der Waals surface area contributed by atoms with Crippen molar-refractivity contribution >= 4 is 32.9 Å². The number of rotatable bonds is 6. The van der Waals surface area contributed by atoms with Gasteiger partial charge in [0.2, 0.25) is 0 Å². The normalized spacial score (nSPS) is 11.2. The Bertz CT molecular complexity index is 595. The molecule has 98 valence electrons. The number of thiophene rings is 1. The molecule has 2 aromatic heterocycles. The number of hydrogen-bond acceptors (Lipinski definition) is 4.